The second-order valence-electron chi connectivity index (χ2n) is 5.14. The van der Waals surface area contributed by atoms with Gasteiger partial charge in [0.05, 0.1) is 6.61 Å². The van der Waals surface area contributed by atoms with Gasteiger partial charge in [-0.15, -0.1) is 0 Å². The molecule has 2 atom stereocenters. The normalized spacial score (nSPS) is 26.1. The van der Waals surface area contributed by atoms with Crippen molar-refractivity contribution in [2.75, 3.05) is 11.9 Å². The molecule has 1 aliphatic rings. The molecule has 1 aliphatic carbocycles. The van der Waals surface area contributed by atoms with E-state index in [0.717, 1.165) is 18.0 Å². The van der Waals surface area contributed by atoms with Crippen LogP contribution in [0.3, 0.4) is 0 Å². The fourth-order valence-corrected chi connectivity index (χ4v) is 2.14. The summed E-state index contributed by atoms with van der Waals surface area (Å²) in [7, 11) is 0. The molecule has 2 unspecified atom stereocenters. The van der Waals surface area contributed by atoms with Gasteiger partial charge >= 0.3 is 0 Å². The van der Waals surface area contributed by atoms with Crippen LogP contribution in [0.1, 0.15) is 27.2 Å². The minimum absolute atomic E-state index is 0.112. The maximum absolute atomic E-state index is 6.01. The number of hydrogen-bond acceptors (Lipinski definition) is 4. The lowest BCUT2D eigenvalue weighted by atomic mass is 9.63. The first-order valence-corrected chi connectivity index (χ1v) is 6.15. The van der Waals surface area contributed by atoms with Crippen molar-refractivity contribution in [3.63, 3.8) is 0 Å². The van der Waals surface area contributed by atoms with Crippen molar-refractivity contribution in [1.82, 2.24) is 4.98 Å². The van der Waals surface area contributed by atoms with Crippen molar-refractivity contribution in [3.8, 4) is 5.75 Å². The molecule has 1 fully saturated rings. The second-order valence-corrected chi connectivity index (χ2v) is 5.14. The van der Waals surface area contributed by atoms with E-state index in [9.17, 15) is 0 Å². The summed E-state index contributed by atoms with van der Waals surface area (Å²) in [6, 6.07) is 4.45. The Kier molecular flexibility index (Phi) is 3.24. The Morgan fingerprint density at radius 1 is 1.59 bits per heavy atom. The minimum Gasteiger partial charge on any atom is -0.490 e. The fraction of sp³-hybridized carbons (Fsp3) is 0.615. The van der Waals surface area contributed by atoms with Crippen LogP contribution >= 0.6 is 0 Å². The third kappa shape index (κ3) is 2.22. The van der Waals surface area contributed by atoms with E-state index >= 15 is 0 Å². The van der Waals surface area contributed by atoms with Crippen molar-refractivity contribution >= 4 is 5.82 Å². The molecule has 94 valence electrons. The average molecular weight is 235 g/mol. The van der Waals surface area contributed by atoms with E-state index in [1.165, 1.54) is 0 Å². The lowest BCUT2D eigenvalue weighted by Crippen LogP contribution is -2.61. The average Bonchev–Trinajstić information content (AvgIpc) is 2.31. The summed E-state index contributed by atoms with van der Waals surface area (Å²) in [6.07, 6.45) is 2.76. The van der Waals surface area contributed by atoms with Crippen LogP contribution in [0.4, 0.5) is 5.82 Å². The van der Waals surface area contributed by atoms with Crippen LogP contribution in [0.2, 0.25) is 0 Å². The second kappa shape index (κ2) is 4.53. The predicted molar refractivity (Wildman–Crippen MR) is 69.2 cm³/mol. The van der Waals surface area contributed by atoms with Crippen LogP contribution in [0.5, 0.6) is 5.75 Å². The number of pyridine rings is 1. The molecule has 0 radical (unpaired) electrons. The van der Waals surface area contributed by atoms with Gasteiger partial charge in [-0.25, -0.2) is 4.98 Å². The van der Waals surface area contributed by atoms with E-state index in [2.05, 4.69) is 24.1 Å². The highest BCUT2D eigenvalue weighted by Crippen LogP contribution is 2.41. The summed E-state index contributed by atoms with van der Waals surface area (Å²) in [6.45, 7) is 6.98. The SMILES string of the molecule is CCOc1cccnc1NC1CC(N)C1(C)C. The Morgan fingerprint density at radius 2 is 2.35 bits per heavy atom. The van der Waals surface area contributed by atoms with E-state index in [4.69, 9.17) is 10.5 Å². The quantitative estimate of drug-likeness (QED) is 0.838. The van der Waals surface area contributed by atoms with Crippen LogP contribution in [0.25, 0.3) is 0 Å². The van der Waals surface area contributed by atoms with Crippen LogP contribution in [-0.4, -0.2) is 23.7 Å². The number of aromatic nitrogens is 1. The van der Waals surface area contributed by atoms with Crippen LogP contribution in [0.15, 0.2) is 18.3 Å². The van der Waals surface area contributed by atoms with E-state index in [-0.39, 0.29) is 11.5 Å². The van der Waals surface area contributed by atoms with Gasteiger partial charge in [0.1, 0.15) is 0 Å². The number of anilines is 1. The largest absolute Gasteiger partial charge is 0.490 e. The Balaban J connectivity index is 2.09. The first kappa shape index (κ1) is 12.2. The molecule has 17 heavy (non-hydrogen) atoms. The van der Waals surface area contributed by atoms with Crippen molar-refractivity contribution < 1.29 is 4.74 Å². The first-order valence-electron chi connectivity index (χ1n) is 6.15. The number of nitrogens with zero attached hydrogens (tertiary/aromatic N) is 1. The van der Waals surface area contributed by atoms with Crippen molar-refractivity contribution in [1.29, 1.82) is 0 Å². The zero-order chi connectivity index (χ0) is 12.5. The molecule has 4 heteroatoms. The predicted octanol–water partition coefficient (Wildman–Crippen LogP) is 2.02. The van der Waals surface area contributed by atoms with Gasteiger partial charge in [-0.05, 0) is 25.5 Å². The maximum atomic E-state index is 6.01. The van der Waals surface area contributed by atoms with Gasteiger partial charge < -0.3 is 15.8 Å². The molecule has 1 saturated carbocycles. The Bertz CT molecular complexity index is 392. The minimum atomic E-state index is 0.112. The number of rotatable bonds is 4. The number of nitrogens with two attached hydrogens (primary N) is 1. The Hall–Kier alpha value is -1.29. The van der Waals surface area contributed by atoms with Crippen molar-refractivity contribution in [2.24, 2.45) is 11.1 Å². The Labute approximate surface area is 103 Å². The van der Waals surface area contributed by atoms with Crippen molar-refractivity contribution in [3.05, 3.63) is 18.3 Å². The topological polar surface area (TPSA) is 60.2 Å². The molecule has 0 aromatic carbocycles. The first-order chi connectivity index (χ1) is 8.05. The highest BCUT2D eigenvalue weighted by Gasteiger charge is 2.46. The third-order valence-electron chi connectivity index (χ3n) is 3.72. The molecule has 0 amide bonds. The maximum Gasteiger partial charge on any atom is 0.168 e. The molecule has 0 spiro atoms. The summed E-state index contributed by atoms with van der Waals surface area (Å²) in [5, 5.41) is 3.44. The van der Waals surface area contributed by atoms with Gasteiger partial charge in [0, 0.05) is 23.7 Å². The summed E-state index contributed by atoms with van der Waals surface area (Å²) in [5.41, 5.74) is 6.12. The number of ether oxygens (including phenoxy) is 1. The summed E-state index contributed by atoms with van der Waals surface area (Å²) in [5.74, 6) is 1.63. The molecule has 0 bridgehead atoms. The third-order valence-corrected chi connectivity index (χ3v) is 3.72. The monoisotopic (exact) mass is 235 g/mol. The van der Waals surface area contributed by atoms with Gasteiger partial charge in [0.2, 0.25) is 0 Å². The summed E-state index contributed by atoms with van der Waals surface area (Å²) in [4.78, 5) is 4.33. The fourth-order valence-electron chi connectivity index (χ4n) is 2.14. The van der Waals surface area contributed by atoms with E-state index in [1.807, 2.05) is 19.1 Å². The molecule has 4 nitrogen and oxygen atoms in total. The van der Waals surface area contributed by atoms with Crippen LogP contribution < -0.4 is 15.8 Å². The van der Waals surface area contributed by atoms with E-state index in [0.29, 0.717) is 12.6 Å². The Morgan fingerprint density at radius 3 is 2.94 bits per heavy atom. The molecule has 1 aromatic rings. The summed E-state index contributed by atoms with van der Waals surface area (Å²) >= 11 is 0. The van der Waals surface area contributed by atoms with Crippen LogP contribution in [0, 0.1) is 5.41 Å². The van der Waals surface area contributed by atoms with E-state index < -0.39 is 0 Å². The van der Waals surface area contributed by atoms with Crippen molar-refractivity contribution in [2.45, 2.75) is 39.3 Å². The van der Waals surface area contributed by atoms with Gasteiger partial charge in [0.15, 0.2) is 11.6 Å². The molecule has 1 heterocycles. The van der Waals surface area contributed by atoms with Crippen LogP contribution in [-0.2, 0) is 0 Å². The van der Waals surface area contributed by atoms with Gasteiger partial charge in [-0.2, -0.15) is 0 Å². The lowest BCUT2D eigenvalue weighted by Gasteiger charge is -2.50. The van der Waals surface area contributed by atoms with Gasteiger partial charge in [-0.3, -0.25) is 0 Å². The molecular formula is C13H21N3O. The molecule has 0 aliphatic heterocycles. The molecule has 0 saturated heterocycles. The lowest BCUT2D eigenvalue weighted by molar-refractivity contribution is 0.116. The van der Waals surface area contributed by atoms with Gasteiger partial charge in [0.25, 0.3) is 0 Å². The summed E-state index contributed by atoms with van der Waals surface area (Å²) < 4.78 is 5.55. The zero-order valence-electron chi connectivity index (χ0n) is 10.7. The van der Waals surface area contributed by atoms with E-state index in [1.54, 1.807) is 6.20 Å². The highest BCUT2D eigenvalue weighted by molar-refractivity contribution is 5.51. The highest BCUT2D eigenvalue weighted by atomic mass is 16.5. The molecule has 2 rings (SSSR count). The smallest absolute Gasteiger partial charge is 0.168 e. The molecular weight excluding hydrogens is 214 g/mol. The zero-order valence-corrected chi connectivity index (χ0v) is 10.7. The number of hydrogen-bond donors (Lipinski definition) is 2. The molecule has 1 aromatic heterocycles. The van der Waals surface area contributed by atoms with Gasteiger partial charge in [-0.1, -0.05) is 13.8 Å². The molecule has 3 N–H and O–H groups in total. The number of nitrogens with one attached hydrogen (secondary N) is 1. The standard InChI is InChI=1S/C13H21N3O/c1-4-17-9-6-5-7-15-12(9)16-11-8-10(14)13(11,2)3/h5-7,10-11H,4,8,14H2,1-3H3,(H,15,16).